The van der Waals surface area contributed by atoms with E-state index >= 15 is 0 Å². The Balaban J connectivity index is 1.59. The smallest absolute Gasteiger partial charge is 0.234 e. The molecule has 0 saturated heterocycles. The Morgan fingerprint density at radius 1 is 1.21 bits per heavy atom. The van der Waals surface area contributed by atoms with Crippen LogP contribution >= 0.6 is 35.0 Å². The molecule has 6 nitrogen and oxygen atoms in total. The molecular formula is C19H18Cl2N4O2S. The zero-order valence-electron chi connectivity index (χ0n) is 15.2. The molecule has 28 heavy (non-hydrogen) atoms. The number of carbonyl (C=O) groups is 1. The minimum atomic E-state index is -0.284. The molecule has 146 valence electrons. The summed E-state index contributed by atoms with van der Waals surface area (Å²) in [6.45, 7) is 1.90. The summed E-state index contributed by atoms with van der Waals surface area (Å²) in [6, 6.07) is 14.4. The average Bonchev–Trinajstić information content (AvgIpc) is 3.04. The molecule has 1 unspecified atom stereocenters. The maximum absolute atomic E-state index is 12.2. The largest absolute Gasteiger partial charge is 0.483 e. The van der Waals surface area contributed by atoms with Crippen LogP contribution in [0.1, 0.15) is 18.9 Å². The van der Waals surface area contributed by atoms with Crippen LogP contribution in [0.2, 0.25) is 10.0 Å². The van der Waals surface area contributed by atoms with Gasteiger partial charge >= 0.3 is 0 Å². The number of amides is 1. The zero-order valence-corrected chi connectivity index (χ0v) is 17.6. The van der Waals surface area contributed by atoms with Gasteiger partial charge in [-0.1, -0.05) is 53.2 Å². The Morgan fingerprint density at radius 3 is 2.71 bits per heavy atom. The van der Waals surface area contributed by atoms with Gasteiger partial charge in [0, 0.05) is 12.1 Å². The first-order valence-corrected chi connectivity index (χ1v) is 10.2. The molecule has 3 aromatic rings. The lowest BCUT2D eigenvalue weighted by atomic mass is 10.3. The second-order valence-corrected chi connectivity index (χ2v) is 7.72. The number of ether oxygens (including phenoxy) is 1. The Bertz CT molecular complexity index is 966. The van der Waals surface area contributed by atoms with Crippen LogP contribution in [0.15, 0.2) is 53.7 Å². The van der Waals surface area contributed by atoms with E-state index < -0.39 is 0 Å². The Labute approximate surface area is 177 Å². The first-order chi connectivity index (χ1) is 13.4. The number of carbonyl (C=O) groups excluding carboxylic acids is 1. The van der Waals surface area contributed by atoms with Gasteiger partial charge < -0.3 is 14.6 Å². The first kappa shape index (κ1) is 20.5. The van der Waals surface area contributed by atoms with Gasteiger partial charge in [-0.3, -0.25) is 4.79 Å². The minimum Gasteiger partial charge on any atom is -0.483 e. The van der Waals surface area contributed by atoms with Gasteiger partial charge in [0.15, 0.2) is 17.1 Å². The summed E-state index contributed by atoms with van der Waals surface area (Å²) >= 11 is 13.3. The van der Waals surface area contributed by atoms with Gasteiger partial charge in [-0.05, 0) is 37.3 Å². The summed E-state index contributed by atoms with van der Waals surface area (Å²) in [5, 5.41) is 12.6. The van der Waals surface area contributed by atoms with Gasteiger partial charge in [0.05, 0.1) is 16.5 Å². The van der Waals surface area contributed by atoms with E-state index in [-0.39, 0.29) is 17.8 Å². The number of thioether (sulfide) groups is 1. The fourth-order valence-electron chi connectivity index (χ4n) is 2.47. The summed E-state index contributed by atoms with van der Waals surface area (Å²) in [7, 11) is 1.84. The van der Waals surface area contributed by atoms with Crippen LogP contribution in [0.25, 0.3) is 0 Å². The number of rotatable bonds is 7. The number of nitrogens with one attached hydrogen (secondary N) is 1. The van der Waals surface area contributed by atoms with Gasteiger partial charge in [0.25, 0.3) is 0 Å². The number of hydrogen-bond donors (Lipinski definition) is 1. The molecule has 1 amide bonds. The lowest BCUT2D eigenvalue weighted by molar-refractivity contribution is -0.113. The molecule has 0 bridgehead atoms. The highest BCUT2D eigenvalue weighted by atomic mass is 35.5. The molecule has 2 aromatic carbocycles. The average molecular weight is 437 g/mol. The van der Waals surface area contributed by atoms with Crippen molar-refractivity contribution in [3.63, 3.8) is 0 Å². The molecule has 1 N–H and O–H groups in total. The Morgan fingerprint density at radius 2 is 1.96 bits per heavy atom. The summed E-state index contributed by atoms with van der Waals surface area (Å²) in [5.41, 5.74) is 0.475. The highest BCUT2D eigenvalue weighted by Gasteiger charge is 2.18. The summed E-state index contributed by atoms with van der Waals surface area (Å²) < 4.78 is 7.70. The summed E-state index contributed by atoms with van der Waals surface area (Å²) in [4.78, 5) is 12.2. The number of anilines is 1. The van der Waals surface area contributed by atoms with Crippen molar-refractivity contribution in [3.05, 3.63) is 64.4 Å². The third kappa shape index (κ3) is 5.19. The van der Waals surface area contributed by atoms with Crippen molar-refractivity contribution in [2.75, 3.05) is 11.1 Å². The van der Waals surface area contributed by atoms with Crippen molar-refractivity contribution in [2.45, 2.75) is 18.2 Å². The number of nitrogens with zero attached hydrogens (tertiary/aromatic N) is 3. The van der Waals surface area contributed by atoms with Crippen molar-refractivity contribution in [1.29, 1.82) is 0 Å². The Hall–Kier alpha value is -2.22. The normalized spacial score (nSPS) is 11.9. The van der Waals surface area contributed by atoms with E-state index in [2.05, 4.69) is 15.5 Å². The van der Waals surface area contributed by atoms with E-state index in [4.69, 9.17) is 27.9 Å². The van der Waals surface area contributed by atoms with Crippen LogP contribution in [0.4, 0.5) is 5.69 Å². The van der Waals surface area contributed by atoms with Gasteiger partial charge in [0.2, 0.25) is 5.91 Å². The predicted octanol–water partition coefficient (Wildman–Crippen LogP) is 4.99. The number of para-hydroxylation sites is 1. The molecule has 0 aliphatic heterocycles. The quantitative estimate of drug-likeness (QED) is 0.528. The molecule has 0 aliphatic rings. The van der Waals surface area contributed by atoms with Crippen molar-refractivity contribution >= 4 is 46.6 Å². The van der Waals surface area contributed by atoms with Crippen LogP contribution in [-0.4, -0.2) is 26.4 Å². The molecule has 3 rings (SSSR count). The maximum atomic E-state index is 12.2. The van der Waals surface area contributed by atoms with Crippen LogP contribution in [0, 0.1) is 0 Å². The lowest BCUT2D eigenvalue weighted by Crippen LogP contribution is -2.15. The number of aromatic nitrogens is 3. The van der Waals surface area contributed by atoms with E-state index in [1.165, 1.54) is 11.8 Å². The summed E-state index contributed by atoms with van der Waals surface area (Å²) in [5.74, 6) is 1.37. The molecule has 1 atom stereocenters. The third-order valence-corrected chi connectivity index (χ3v) is 5.41. The van der Waals surface area contributed by atoms with Gasteiger partial charge in [-0.15, -0.1) is 10.2 Å². The fourth-order valence-corrected chi connectivity index (χ4v) is 3.53. The van der Waals surface area contributed by atoms with Gasteiger partial charge in [-0.2, -0.15) is 0 Å². The molecular weight excluding hydrogens is 419 g/mol. The highest BCUT2D eigenvalue weighted by molar-refractivity contribution is 7.99. The Kier molecular flexibility index (Phi) is 6.83. The molecule has 0 radical (unpaired) electrons. The lowest BCUT2D eigenvalue weighted by Gasteiger charge is -2.14. The monoisotopic (exact) mass is 436 g/mol. The highest BCUT2D eigenvalue weighted by Crippen LogP contribution is 2.26. The standard InChI is InChI=1S/C19H18Cl2N4O2S/c1-12(27-14-6-4-3-5-7-14)18-23-24-19(25(18)2)28-11-17(26)22-16-10-13(20)8-9-15(16)21/h3-10,12H,11H2,1-2H3,(H,22,26). The number of benzene rings is 2. The zero-order chi connectivity index (χ0) is 20.1. The van der Waals surface area contributed by atoms with E-state index in [1.54, 1.807) is 18.2 Å². The topological polar surface area (TPSA) is 69.0 Å². The number of halogens is 2. The van der Waals surface area contributed by atoms with Crippen LogP contribution < -0.4 is 10.1 Å². The molecule has 0 spiro atoms. The van der Waals surface area contributed by atoms with E-state index in [9.17, 15) is 4.79 Å². The predicted molar refractivity (Wildman–Crippen MR) is 112 cm³/mol. The molecule has 1 aromatic heterocycles. The molecule has 0 saturated carbocycles. The van der Waals surface area contributed by atoms with Crippen molar-refractivity contribution in [3.8, 4) is 5.75 Å². The molecule has 0 fully saturated rings. The first-order valence-electron chi connectivity index (χ1n) is 8.42. The minimum absolute atomic E-state index is 0.155. The van der Waals surface area contributed by atoms with E-state index in [0.29, 0.717) is 26.7 Å². The van der Waals surface area contributed by atoms with E-state index in [0.717, 1.165) is 5.75 Å². The molecule has 1 heterocycles. The number of hydrogen-bond acceptors (Lipinski definition) is 5. The molecule has 9 heteroatoms. The van der Waals surface area contributed by atoms with Gasteiger partial charge in [0.1, 0.15) is 5.75 Å². The fraction of sp³-hybridized carbons (Fsp3) is 0.211. The van der Waals surface area contributed by atoms with Gasteiger partial charge in [-0.25, -0.2) is 0 Å². The van der Waals surface area contributed by atoms with Crippen molar-refractivity contribution in [1.82, 2.24) is 14.8 Å². The maximum Gasteiger partial charge on any atom is 0.234 e. The van der Waals surface area contributed by atoms with E-state index in [1.807, 2.05) is 48.9 Å². The SMILES string of the molecule is CC(Oc1ccccc1)c1nnc(SCC(=O)Nc2cc(Cl)ccc2Cl)n1C. The van der Waals surface area contributed by atoms with Crippen molar-refractivity contribution < 1.29 is 9.53 Å². The second-order valence-electron chi connectivity index (χ2n) is 5.93. The second kappa shape index (κ2) is 9.32. The van der Waals surface area contributed by atoms with Crippen LogP contribution in [0.5, 0.6) is 5.75 Å². The van der Waals surface area contributed by atoms with Crippen molar-refractivity contribution in [2.24, 2.45) is 7.05 Å². The summed E-state index contributed by atoms with van der Waals surface area (Å²) in [6.07, 6.45) is -0.284. The van der Waals surface area contributed by atoms with Crippen LogP contribution in [-0.2, 0) is 11.8 Å². The third-order valence-electron chi connectivity index (χ3n) is 3.82. The molecule has 0 aliphatic carbocycles. The van der Waals surface area contributed by atoms with Crippen LogP contribution in [0.3, 0.4) is 0 Å².